The van der Waals surface area contributed by atoms with Crippen LogP contribution in [0, 0.1) is 11.3 Å². The van der Waals surface area contributed by atoms with Gasteiger partial charge in [0.05, 0.1) is 17.8 Å². The third-order valence-electron chi connectivity index (χ3n) is 2.10. The van der Waals surface area contributed by atoms with Crippen LogP contribution in [-0.4, -0.2) is 11.2 Å². The molecule has 0 amide bonds. The minimum atomic E-state index is 0.639. The van der Waals surface area contributed by atoms with Gasteiger partial charge in [-0.25, -0.2) is 4.98 Å². The van der Waals surface area contributed by atoms with E-state index in [1.165, 1.54) is 0 Å². The average Bonchev–Trinajstić information content (AvgIpc) is 2.41. The first-order valence-electron chi connectivity index (χ1n) is 5.09. The highest BCUT2D eigenvalue weighted by Crippen LogP contribution is 2.02. The second-order valence-corrected chi connectivity index (χ2v) is 3.32. The van der Waals surface area contributed by atoms with Crippen molar-refractivity contribution in [2.75, 3.05) is 5.43 Å². The van der Waals surface area contributed by atoms with Crippen molar-refractivity contribution in [2.45, 2.75) is 0 Å². The van der Waals surface area contributed by atoms with Crippen LogP contribution in [0.4, 0.5) is 5.82 Å². The van der Waals surface area contributed by atoms with Crippen molar-refractivity contribution in [3.8, 4) is 6.07 Å². The van der Waals surface area contributed by atoms with Gasteiger partial charge in [0.15, 0.2) is 0 Å². The summed E-state index contributed by atoms with van der Waals surface area (Å²) in [4.78, 5) is 4.07. The number of rotatable bonds is 3. The maximum absolute atomic E-state index is 8.65. The Morgan fingerprint density at radius 1 is 1.18 bits per heavy atom. The minimum Gasteiger partial charge on any atom is -0.261 e. The highest BCUT2D eigenvalue weighted by molar-refractivity contribution is 5.80. The largest absolute Gasteiger partial charge is 0.261 e. The van der Waals surface area contributed by atoms with E-state index in [0.29, 0.717) is 11.4 Å². The first-order valence-corrected chi connectivity index (χ1v) is 5.09. The Labute approximate surface area is 99.2 Å². The smallest absolute Gasteiger partial charge is 0.146 e. The quantitative estimate of drug-likeness (QED) is 0.640. The van der Waals surface area contributed by atoms with Gasteiger partial charge in [-0.3, -0.25) is 5.43 Å². The molecule has 1 heterocycles. The lowest BCUT2D eigenvalue weighted by atomic mass is 10.2. The van der Waals surface area contributed by atoms with Crippen LogP contribution in [0.15, 0.2) is 53.8 Å². The Balaban J connectivity index is 1.99. The molecule has 0 radical (unpaired) electrons. The van der Waals surface area contributed by atoms with Crippen molar-refractivity contribution < 1.29 is 0 Å². The number of hydrogen-bond donors (Lipinski definition) is 1. The van der Waals surface area contributed by atoms with Crippen LogP contribution in [0.3, 0.4) is 0 Å². The summed E-state index contributed by atoms with van der Waals surface area (Å²) in [7, 11) is 0. The Hall–Kier alpha value is -2.67. The molecule has 0 unspecified atom stereocenters. The molecule has 0 bridgehead atoms. The van der Waals surface area contributed by atoms with E-state index in [9.17, 15) is 0 Å². The van der Waals surface area contributed by atoms with E-state index in [-0.39, 0.29) is 0 Å². The molecule has 1 N–H and O–H groups in total. The summed E-state index contributed by atoms with van der Waals surface area (Å²) in [6, 6.07) is 14.8. The van der Waals surface area contributed by atoms with Gasteiger partial charge in [-0.1, -0.05) is 18.2 Å². The highest BCUT2D eigenvalue weighted by atomic mass is 15.3. The van der Waals surface area contributed by atoms with Crippen molar-refractivity contribution in [2.24, 2.45) is 5.10 Å². The number of nitrogens with one attached hydrogen (secondary N) is 1. The van der Waals surface area contributed by atoms with Gasteiger partial charge in [0.2, 0.25) is 0 Å². The number of aromatic nitrogens is 1. The normalized spacial score (nSPS) is 10.1. The van der Waals surface area contributed by atoms with Crippen molar-refractivity contribution in [3.05, 3.63) is 59.8 Å². The number of nitrogens with zero attached hydrogens (tertiary/aromatic N) is 3. The molecule has 4 nitrogen and oxygen atoms in total. The lowest BCUT2D eigenvalue weighted by Crippen LogP contribution is -1.92. The van der Waals surface area contributed by atoms with Crippen LogP contribution in [0.5, 0.6) is 0 Å². The van der Waals surface area contributed by atoms with E-state index in [0.717, 1.165) is 5.56 Å². The number of hydrazone groups is 1. The Kier molecular flexibility index (Phi) is 3.46. The molecule has 2 aromatic rings. The summed E-state index contributed by atoms with van der Waals surface area (Å²) in [6.45, 7) is 0. The first kappa shape index (κ1) is 10.8. The minimum absolute atomic E-state index is 0.639. The standard InChI is InChI=1S/C13H10N4/c14-9-11-4-6-12(7-5-11)10-16-17-13-3-1-2-8-15-13/h1-8,10H,(H,15,17). The van der Waals surface area contributed by atoms with E-state index in [4.69, 9.17) is 5.26 Å². The van der Waals surface area contributed by atoms with Crippen LogP contribution < -0.4 is 5.43 Å². The maximum Gasteiger partial charge on any atom is 0.146 e. The van der Waals surface area contributed by atoms with Crippen molar-refractivity contribution in [1.82, 2.24) is 4.98 Å². The molecular weight excluding hydrogens is 212 g/mol. The number of anilines is 1. The molecule has 0 saturated heterocycles. The van der Waals surface area contributed by atoms with Crippen LogP contribution in [-0.2, 0) is 0 Å². The van der Waals surface area contributed by atoms with Gasteiger partial charge in [-0.2, -0.15) is 10.4 Å². The van der Waals surface area contributed by atoms with Gasteiger partial charge in [0, 0.05) is 6.20 Å². The Bertz CT molecular complexity index is 538. The van der Waals surface area contributed by atoms with Gasteiger partial charge in [0.1, 0.15) is 5.82 Å². The molecule has 1 aromatic heterocycles. The Morgan fingerprint density at radius 3 is 2.65 bits per heavy atom. The van der Waals surface area contributed by atoms with E-state index < -0.39 is 0 Å². The molecule has 0 spiro atoms. The van der Waals surface area contributed by atoms with E-state index in [1.54, 1.807) is 24.5 Å². The molecule has 0 aliphatic carbocycles. The molecule has 2 rings (SSSR count). The lowest BCUT2D eigenvalue weighted by Gasteiger charge is -1.97. The zero-order valence-electron chi connectivity index (χ0n) is 9.04. The fourth-order valence-corrected chi connectivity index (χ4v) is 1.25. The zero-order valence-corrected chi connectivity index (χ0v) is 9.04. The van der Waals surface area contributed by atoms with Crippen LogP contribution in [0.2, 0.25) is 0 Å². The van der Waals surface area contributed by atoms with Crippen LogP contribution >= 0.6 is 0 Å². The fourth-order valence-electron chi connectivity index (χ4n) is 1.25. The van der Waals surface area contributed by atoms with Gasteiger partial charge in [-0.05, 0) is 29.8 Å². The summed E-state index contributed by atoms with van der Waals surface area (Å²) in [5.41, 5.74) is 4.38. The van der Waals surface area contributed by atoms with Crippen molar-refractivity contribution in [3.63, 3.8) is 0 Å². The molecule has 1 aromatic carbocycles. The molecule has 4 heteroatoms. The predicted octanol–water partition coefficient (Wildman–Crippen LogP) is 2.40. The van der Waals surface area contributed by atoms with Gasteiger partial charge < -0.3 is 0 Å². The second kappa shape index (κ2) is 5.42. The molecule has 0 aliphatic heterocycles. The Morgan fingerprint density at radius 2 is 2.00 bits per heavy atom. The van der Waals surface area contributed by atoms with E-state index >= 15 is 0 Å². The third kappa shape index (κ3) is 3.14. The average molecular weight is 222 g/mol. The number of hydrogen-bond acceptors (Lipinski definition) is 4. The SMILES string of the molecule is N#Cc1ccc(C=NNc2ccccn2)cc1. The molecule has 0 fully saturated rings. The van der Waals surface area contributed by atoms with Crippen molar-refractivity contribution >= 4 is 12.0 Å². The monoisotopic (exact) mass is 222 g/mol. The number of nitriles is 1. The van der Waals surface area contributed by atoms with Gasteiger partial charge >= 0.3 is 0 Å². The molecule has 0 saturated carbocycles. The first-order chi connectivity index (χ1) is 8.38. The third-order valence-corrected chi connectivity index (χ3v) is 2.10. The molecule has 0 atom stereocenters. The topological polar surface area (TPSA) is 61.1 Å². The summed E-state index contributed by atoms with van der Waals surface area (Å²) in [6.07, 6.45) is 3.37. The summed E-state index contributed by atoms with van der Waals surface area (Å²) < 4.78 is 0. The van der Waals surface area contributed by atoms with Crippen LogP contribution in [0.1, 0.15) is 11.1 Å². The molecule has 17 heavy (non-hydrogen) atoms. The number of benzene rings is 1. The molecule has 0 aliphatic rings. The van der Waals surface area contributed by atoms with Gasteiger partial charge in [-0.15, -0.1) is 0 Å². The molecular formula is C13H10N4. The van der Waals surface area contributed by atoms with Crippen molar-refractivity contribution in [1.29, 1.82) is 5.26 Å². The fraction of sp³-hybridized carbons (Fsp3) is 0. The lowest BCUT2D eigenvalue weighted by molar-refractivity contribution is 1.23. The van der Waals surface area contributed by atoms with E-state index in [2.05, 4.69) is 21.6 Å². The highest BCUT2D eigenvalue weighted by Gasteiger charge is 1.90. The second-order valence-electron chi connectivity index (χ2n) is 3.32. The zero-order chi connectivity index (χ0) is 11.9. The summed E-state index contributed by atoms with van der Waals surface area (Å²) in [5.74, 6) is 0.692. The maximum atomic E-state index is 8.65. The van der Waals surface area contributed by atoms with E-state index in [1.807, 2.05) is 30.3 Å². The summed E-state index contributed by atoms with van der Waals surface area (Å²) >= 11 is 0. The number of pyridine rings is 1. The summed E-state index contributed by atoms with van der Waals surface area (Å²) in [5, 5.41) is 12.7. The van der Waals surface area contributed by atoms with Crippen LogP contribution in [0.25, 0.3) is 0 Å². The predicted molar refractivity (Wildman–Crippen MR) is 66.6 cm³/mol. The molecule has 82 valence electrons. The van der Waals surface area contributed by atoms with Gasteiger partial charge in [0.25, 0.3) is 0 Å².